The van der Waals surface area contributed by atoms with Crippen molar-refractivity contribution < 1.29 is 0 Å². The highest BCUT2D eigenvalue weighted by atomic mass is 79.9. The molecule has 1 aromatic rings. The van der Waals surface area contributed by atoms with Gasteiger partial charge in [-0.25, -0.2) is 0 Å². The van der Waals surface area contributed by atoms with Gasteiger partial charge in [-0.1, -0.05) is 39.7 Å². The molecule has 1 aliphatic heterocycles. The predicted octanol–water partition coefficient (Wildman–Crippen LogP) is 4.97. The number of piperidine rings is 1. The van der Waals surface area contributed by atoms with Crippen LogP contribution in [0.5, 0.6) is 0 Å². The van der Waals surface area contributed by atoms with Crippen LogP contribution in [0.2, 0.25) is 0 Å². The Morgan fingerprint density at radius 1 is 1.14 bits per heavy atom. The third-order valence-electron chi connectivity index (χ3n) is 5.26. The molecule has 0 radical (unpaired) electrons. The molecular weight excluding hydrogens is 324 g/mol. The smallest absolute Gasteiger partial charge is 0.0510 e. The van der Waals surface area contributed by atoms with Gasteiger partial charge in [-0.15, -0.1) is 0 Å². The van der Waals surface area contributed by atoms with Crippen molar-refractivity contribution in [3.05, 3.63) is 28.2 Å². The second-order valence-corrected chi connectivity index (χ2v) is 7.11. The summed E-state index contributed by atoms with van der Waals surface area (Å²) in [5.74, 6) is 0. The molecule has 2 rings (SSSR count). The zero-order valence-corrected chi connectivity index (χ0v) is 15.3. The maximum Gasteiger partial charge on any atom is 0.0510 e. The van der Waals surface area contributed by atoms with E-state index in [1.165, 1.54) is 54.5 Å². The van der Waals surface area contributed by atoms with Crippen LogP contribution < -0.4 is 10.2 Å². The molecule has 0 aliphatic carbocycles. The van der Waals surface area contributed by atoms with Gasteiger partial charge in [0.1, 0.15) is 0 Å². The van der Waals surface area contributed by atoms with Crippen molar-refractivity contribution in [2.45, 2.75) is 53.0 Å². The SMILES string of the molecule is CCNCc1ccc(N2CCC(CC)(CC)CC2)c(Br)c1. The van der Waals surface area contributed by atoms with E-state index in [4.69, 9.17) is 0 Å². The van der Waals surface area contributed by atoms with E-state index < -0.39 is 0 Å². The summed E-state index contributed by atoms with van der Waals surface area (Å²) in [6, 6.07) is 6.80. The Morgan fingerprint density at radius 3 is 2.33 bits per heavy atom. The molecule has 0 aromatic heterocycles. The van der Waals surface area contributed by atoms with E-state index in [0.29, 0.717) is 5.41 Å². The van der Waals surface area contributed by atoms with E-state index in [1.54, 1.807) is 0 Å². The summed E-state index contributed by atoms with van der Waals surface area (Å²) < 4.78 is 1.23. The highest BCUT2D eigenvalue weighted by Crippen LogP contribution is 2.40. The third-order valence-corrected chi connectivity index (χ3v) is 5.89. The molecule has 0 unspecified atom stereocenters. The van der Waals surface area contributed by atoms with Crippen LogP contribution in [0.1, 0.15) is 52.0 Å². The zero-order valence-electron chi connectivity index (χ0n) is 13.7. The van der Waals surface area contributed by atoms with Gasteiger partial charge >= 0.3 is 0 Å². The number of nitrogens with one attached hydrogen (secondary N) is 1. The Bertz CT molecular complexity index is 445. The summed E-state index contributed by atoms with van der Waals surface area (Å²) >= 11 is 3.77. The van der Waals surface area contributed by atoms with Crippen LogP contribution in [0.25, 0.3) is 0 Å². The van der Waals surface area contributed by atoms with Crippen molar-refractivity contribution in [3.63, 3.8) is 0 Å². The fraction of sp³-hybridized carbons (Fsp3) is 0.667. The van der Waals surface area contributed by atoms with E-state index in [9.17, 15) is 0 Å². The molecule has 1 aliphatic rings. The molecule has 0 amide bonds. The van der Waals surface area contributed by atoms with E-state index in [1.807, 2.05) is 0 Å². The van der Waals surface area contributed by atoms with Crippen LogP contribution in [0.4, 0.5) is 5.69 Å². The summed E-state index contributed by atoms with van der Waals surface area (Å²) in [7, 11) is 0. The summed E-state index contributed by atoms with van der Waals surface area (Å²) in [5, 5.41) is 3.38. The number of benzene rings is 1. The van der Waals surface area contributed by atoms with Gasteiger partial charge in [0.25, 0.3) is 0 Å². The van der Waals surface area contributed by atoms with Crippen LogP contribution in [-0.4, -0.2) is 19.6 Å². The first-order valence-corrected chi connectivity index (χ1v) is 9.17. The largest absolute Gasteiger partial charge is 0.371 e. The number of halogens is 1. The summed E-state index contributed by atoms with van der Waals surface area (Å²) in [4.78, 5) is 2.55. The molecule has 1 saturated heterocycles. The number of hydrogen-bond donors (Lipinski definition) is 1. The van der Waals surface area contributed by atoms with Crippen molar-refractivity contribution in [1.29, 1.82) is 0 Å². The minimum absolute atomic E-state index is 0.591. The molecule has 0 bridgehead atoms. The lowest BCUT2D eigenvalue weighted by Gasteiger charge is -2.42. The molecule has 1 fully saturated rings. The Kier molecular flexibility index (Phi) is 6.12. The van der Waals surface area contributed by atoms with Crippen molar-refractivity contribution in [2.75, 3.05) is 24.5 Å². The molecule has 1 N–H and O–H groups in total. The van der Waals surface area contributed by atoms with Crippen LogP contribution in [0.3, 0.4) is 0 Å². The van der Waals surface area contributed by atoms with Crippen LogP contribution >= 0.6 is 15.9 Å². The Labute approximate surface area is 138 Å². The van der Waals surface area contributed by atoms with E-state index in [0.717, 1.165) is 13.1 Å². The van der Waals surface area contributed by atoms with Crippen molar-refractivity contribution in [2.24, 2.45) is 5.41 Å². The number of rotatable bonds is 6. The van der Waals surface area contributed by atoms with Crippen molar-refractivity contribution >= 4 is 21.6 Å². The molecule has 1 heterocycles. The van der Waals surface area contributed by atoms with Crippen molar-refractivity contribution in [3.8, 4) is 0 Å². The molecular formula is C18H29BrN2. The van der Waals surface area contributed by atoms with Crippen LogP contribution in [0, 0.1) is 5.41 Å². The fourth-order valence-electron chi connectivity index (χ4n) is 3.37. The van der Waals surface area contributed by atoms with Crippen LogP contribution in [-0.2, 0) is 6.54 Å². The Balaban J connectivity index is 2.03. The molecule has 1 aromatic carbocycles. The number of anilines is 1. The summed E-state index contributed by atoms with van der Waals surface area (Å²) in [6.45, 7) is 11.2. The molecule has 0 saturated carbocycles. The molecule has 3 heteroatoms. The Hall–Kier alpha value is -0.540. The van der Waals surface area contributed by atoms with Gasteiger partial charge in [-0.3, -0.25) is 0 Å². The minimum atomic E-state index is 0.591. The van der Waals surface area contributed by atoms with Gasteiger partial charge < -0.3 is 10.2 Å². The molecule has 2 nitrogen and oxygen atoms in total. The maximum absolute atomic E-state index is 3.77. The van der Waals surface area contributed by atoms with Gasteiger partial charge in [0.2, 0.25) is 0 Å². The van der Waals surface area contributed by atoms with Gasteiger partial charge in [0.05, 0.1) is 5.69 Å². The average Bonchev–Trinajstić information content (AvgIpc) is 2.53. The lowest BCUT2D eigenvalue weighted by atomic mass is 9.74. The molecule has 0 atom stereocenters. The van der Waals surface area contributed by atoms with Crippen LogP contribution in [0.15, 0.2) is 22.7 Å². The van der Waals surface area contributed by atoms with Gasteiger partial charge in [-0.2, -0.15) is 0 Å². The highest BCUT2D eigenvalue weighted by molar-refractivity contribution is 9.10. The number of hydrogen-bond acceptors (Lipinski definition) is 2. The quantitative estimate of drug-likeness (QED) is 0.777. The maximum atomic E-state index is 3.77. The second kappa shape index (κ2) is 7.64. The standard InChI is InChI=1S/C18H29BrN2/c1-4-18(5-2)9-11-21(12-10-18)17-8-7-15(13-16(17)19)14-20-6-3/h7-8,13,20H,4-6,9-12,14H2,1-3H3. The predicted molar refractivity (Wildman–Crippen MR) is 96.0 cm³/mol. The van der Waals surface area contributed by atoms with Gasteiger partial charge in [0.15, 0.2) is 0 Å². The van der Waals surface area contributed by atoms with Crippen molar-refractivity contribution in [1.82, 2.24) is 5.32 Å². The number of nitrogens with zero attached hydrogens (tertiary/aromatic N) is 1. The summed E-state index contributed by atoms with van der Waals surface area (Å²) in [6.07, 6.45) is 5.29. The van der Waals surface area contributed by atoms with Gasteiger partial charge in [-0.05, 0) is 58.4 Å². The monoisotopic (exact) mass is 352 g/mol. The first kappa shape index (κ1) is 16.8. The lowest BCUT2D eigenvalue weighted by Crippen LogP contribution is -2.39. The average molecular weight is 353 g/mol. The molecule has 0 spiro atoms. The summed E-state index contributed by atoms with van der Waals surface area (Å²) in [5.41, 5.74) is 3.30. The zero-order chi connectivity index (χ0) is 15.3. The lowest BCUT2D eigenvalue weighted by molar-refractivity contribution is 0.199. The highest BCUT2D eigenvalue weighted by Gasteiger charge is 2.31. The van der Waals surface area contributed by atoms with E-state index in [2.05, 4.69) is 65.1 Å². The normalized spacial score (nSPS) is 18.0. The minimum Gasteiger partial charge on any atom is -0.371 e. The van der Waals surface area contributed by atoms with E-state index in [-0.39, 0.29) is 0 Å². The second-order valence-electron chi connectivity index (χ2n) is 6.26. The van der Waals surface area contributed by atoms with Gasteiger partial charge in [0, 0.05) is 24.1 Å². The topological polar surface area (TPSA) is 15.3 Å². The Morgan fingerprint density at radius 2 is 1.81 bits per heavy atom. The first-order chi connectivity index (χ1) is 10.1. The first-order valence-electron chi connectivity index (χ1n) is 8.38. The third kappa shape index (κ3) is 4.01. The fourth-order valence-corrected chi connectivity index (χ4v) is 4.04. The molecule has 21 heavy (non-hydrogen) atoms. The molecule has 118 valence electrons. The van der Waals surface area contributed by atoms with E-state index >= 15 is 0 Å².